The Balaban J connectivity index is 2.62. The Kier molecular flexibility index (Phi) is 6.38. The van der Waals surface area contributed by atoms with Crippen LogP contribution in [0.5, 0.6) is 0 Å². The minimum absolute atomic E-state index is 0.0169. The van der Waals surface area contributed by atoms with Gasteiger partial charge in [0.05, 0.1) is 6.04 Å². The van der Waals surface area contributed by atoms with Crippen LogP contribution in [0.2, 0.25) is 0 Å². The summed E-state index contributed by atoms with van der Waals surface area (Å²) in [5.41, 5.74) is 7.11. The van der Waals surface area contributed by atoms with Crippen LogP contribution < -0.4 is 5.73 Å². The summed E-state index contributed by atoms with van der Waals surface area (Å²) in [4.78, 5) is 15.1. The lowest BCUT2D eigenvalue weighted by atomic mass is 9.99. The van der Waals surface area contributed by atoms with E-state index < -0.39 is 6.04 Å². The van der Waals surface area contributed by atoms with Crippen LogP contribution >= 0.6 is 11.8 Å². The van der Waals surface area contributed by atoms with Gasteiger partial charge in [-0.25, -0.2) is 0 Å². The number of carbonyl (C=O) groups is 1. The third kappa shape index (κ3) is 4.55. The molecule has 0 saturated carbocycles. The molecule has 0 bridgehead atoms. The zero-order valence-corrected chi connectivity index (χ0v) is 13.0. The van der Waals surface area contributed by atoms with Gasteiger partial charge in [0.2, 0.25) is 5.91 Å². The first-order chi connectivity index (χ1) is 8.99. The van der Waals surface area contributed by atoms with E-state index in [0.717, 1.165) is 12.0 Å². The maximum atomic E-state index is 12.2. The fourth-order valence-corrected chi connectivity index (χ4v) is 2.24. The summed E-state index contributed by atoms with van der Waals surface area (Å²) >= 11 is 1.71. The predicted octanol–water partition coefficient (Wildman–Crippen LogP) is 2.74. The van der Waals surface area contributed by atoms with E-state index in [9.17, 15) is 4.79 Å². The van der Waals surface area contributed by atoms with Crippen LogP contribution in [0.4, 0.5) is 0 Å². The fourth-order valence-electron chi connectivity index (χ4n) is 1.83. The van der Waals surface area contributed by atoms with Gasteiger partial charge in [-0.2, -0.15) is 0 Å². The van der Waals surface area contributed by atoms with Gasteiger partial charge in [0.15, 0.2) is 0 Å². The number of rotatable bonds is 6. The van der Waals surface area contributed by atoms with E-state index in [2.05, 4.69) is 37.4 Å². The van der Waals surface area contributed by atoms with Gasteiger partial charge >= 0.3 is 0 Å². The summed E-state index contributed by atoms with van der Waals surface area (Å²) in [5.74, 6) is 0.233. The molecule has 1 unspecified atom stereocenters. The van der Waals surface area contributed by atoms with Gasteiger partial charge in [-0.15, -0.1) is 11.8 Å². The number of likely N-dealkylation sites (N-methyl/N-ethyl adjacent to an activating group) is 1. The number of nitrogens with zero attached hydrogens (tertiary/aromatic N) is 1. The maximum Gasteiger partial charge on any atom is 0.239 e. The summed E-state index contributed by atoms with van der Waals surface area (Å²) in [6, 6.07) is 7.87. The van der Waals surface area contributed by atoms with E-state index in [1.54, 1.807) is 16.7 Å². The van der Waals surface area contributed by atoms with Crippen molar-refractivity contribution < 1.29 is 4.79 Å². The highest BCUT2D eigenvalue weighted by atomic mass is 32.2. The van der Waals surface area contributed by atoms with E-state index >= 15 is 0 Å². The molecule has 0 aliphatic heterocycles. The maximum absolute atomic E-state index is 12.2. The molecule has 2 atom stereocenters. The summed E-state index contributed by atoms with van der Waals surface area (Å²) in [5, 5.41) is 0. The zero-order chi connectivity index (χ0) is 14.4. The second-order valence-electron chi connectivity index (χ2n) is 4.95. The number of amides is 1. The average molecular weight is 280 g/mol. The van der Waals surface area contributed by atoms with Gasteiger partial charge in [0.25, 0.3) is 0 Å². The molecule has 106 valence electrons. The molecule has 2 N–H and O–H groups in total. The van der Waals surface area contributed by atoms with E-state index in [1.807, 2.05) is 14.0 Å². The Morgan fingerprint density at radius 1 is 1.37 bits per heavy atom. The molecule has 0 spiro atoms. The van der Waals surface area contributed by atoms with E-state index in [4.69, 9.17) is 5.73 Å². The molecule has 0 aliphatic rings. The van der Waals surface area contributed by atoms with Crippen molar-refractivity contribution in [3.05, 3.63) is 29.8 Å². The monoisotopic (exact) mass is 280 g/mol. The fraction of sp³-hybridized carbons (Fsp3) is 0.533. The third-order valence-corrected chi connectivity index (χ3v) is 4.24. The van der Waals surface area contributed by atoms with Gasteiger partial charge in [-0.1, -0.05) is 32.4 Å². The number of thioether (sulfide) groups is 1. The molecule has 19 heavy (non-hydrogen) atoms. The van der Waals surface area contributed by atoms with Crippen LogP contribution in [-0.2, 0) is 11.3 Å². The number of hydrogen-bond acceptors (Lipinski definition) is 3. The van der Waals surface area contributed by atoms with Gasteiger partial charge in [-0.05, 0) is 29.9 Å². The minimum atomic E-state index is -0.402. The smallest absolute Gasteiger partial charge is 0.239 e. The van der Waals surface area contributed by atoms with Crippen LogP contribution in [0.25, 0.3) is 0 Å². The lowest BCUT2D eigenvalue weighted by molar-refractivity contribution is -0.132. The van der Waals surface area contributed by atoms with Crippen molar-refractivity contribution in [2.24, 2.45) is 11.7 Å². The van der Waals surface area contributed by atoms with Gasteiger partial charge < -0.3 is 10.6 Å². The molecule has 1 amide bonds. The molecule has 0 saturated heterocycles. The van der Waals surface area contributed by atoms with Gasteiger partial charge in [-0.3, -0.25) is 4.79 Å². The first-order valence-corrected chi connectivity index (χ1v) is 7.85. The molecule has 1 aromatic carbocycles. The summed E-state index contributed by atoms with van der Waals surface area (Å²) < 4.78 is 0. The first kappa shape index (κ1) is 16.1. The van der Waals surface area contributed by atoms with Crippen molar-refractivity contribution in [3.8, 4) is 0 Å². The highest BCUT2D eigenvalue weighted by Gasteiger charge is 2.22. The Morgan fingerprint density at radius 3 is 2.42 bits per heavy atom. The SMILES string of the molecule is CCC(C)[C@H](N)C(=O)N(C)Cc1ccc(SC)cc1. The quantitative estimate of drug-likeness (QED) is 0.815. The van der Waals surface area contributed by atoms with Crippen LogP contribution in [0, 0.1) is 5.92 Å². The number of hydrogen-bond donors (Lipinski definition) is 1. The van der Waals surface area contributed by atoms with E-state index in [0.29, 0.717) is 6.54 Å². The van der Waals surface area contributed by atoms with Crippen molar-refractivity contribution in [2.45, 2.75) is 37.8 Å². The summed E-state index contributed by atoms with van der Waals surface area (Å²) in [6.45, 7) is 4.68. The minimum Gasteiger partial charge on any atom is -0.340 e. The Morgan fingerprint density at radius 2 is 1.95 bits per heavy atom. The van der Waals surface area contributed by atoms with Crippen molar-refractivity contribution >= 4 is 17.7 Å². The standard InChI is InChI=1S/C15H24N2OS/c1-5-11(2)14(16)15(18)17(3)10-12-6-8-13(19-4)9-7-12/h6-9,11,14H,5,10,16H2,1-4H3/t11?,14-/m0/s1. The molecule has 0 aliphatic carbocycles. The predicted molar refractivity (Wildman–Crippen MR) is 82.1 cm³/mol. The topological polar surface area (TPSA) is 46.3 Å². The van der Waals surface area contributed by atoms with Crippen molar-refractivity contribution in [3.63, 3.8) is 0 Å². The largest absolute Gasteiger partial charge is 0.340 e. The Hall–Kier alpha value is -1.00. The molecule has 4 heteroatoms. The molecule has 0 heterocycles. The van der Waals surface area contributed by atoms with E-state index in [-0.39, 0.29) is 11.8 Å². The molecule has 0 fully saturated rings. The molecule has 0 aromatic heterocycles. The van der Waals surface area contributed by atoms with Crippen molar-refractivity contribution in [2.75, 3.05) is 13.3 Å². The van der Waals surface area contributed by atoms with Crippen LogP contribution in [0.1, 0.15) is 25.8 Å². The highest BCUT2D eigenvalue weighted by Crippen LogP contribution is 2.16. The normalized spacial score (nSPS) is 13.9. The molecule has 3 nitrogen and oxygen atoms in total. The lowest BCUT2D eigenvalue weighted by Gasteiger charge is -2.24. The second kappa shape index (κ2) is 7.56. The first-order valence-electron chi connectivity index (χ1n) is 6.63. The van der Waals surface area contributed by atoms with Crippen molar-refractivity contribution in [1.29, 1.82) is 0 Å². The van der Waals surface area contributed by atoms with Gasteiger partial charge in [0.1, 0.15) is 0 Å². The van der Waals surface area contributed by atoms with Crippen LogP contribution in [0.3, 0.4) is 0 Å². The van der Waals surface area contributed by atoms with Crippen LogP contribution in [0.15, 0.2) is 29.2 Å². The second-order valence-corrected chi connectivity index (χ2v) is 5.83. The average Bonchev–Trinajstić information content (AvgIpc) is 2.45. The summed E-state index contributed by atoms with van der Waals surface area (Å²) in [7, 11) is 1.81. The molecule has 1 aromatic rings. The molecule has 1 rings (SSSR count). The molecule has 0 radical (unpaired) electrons. The van der Waals surface area contributed by atoms with Crippen LogP contribution in [-0.4, -0.2) is 30.2 Å². The lowest BCUT2D eigenvalue weighted by Crippen LogP contribution is -2.45. The highest BCUT2D eigenvalue weighted by molar-refractivity contribution is 7.98. The Labute approximate surface area is 120 Å². The number of benzene rings is 1. The van der Waals surface area contributed by atoms with Gasteiger partial charge in [0, 0.05) is 18.5 Å². The summed E-state index contributed by atoms with van der Waals surface area (Å²) in [6.07, 6.45) is 2.97. The van der Waals surface area contributed by atoms with Crippen molar-refractivity contribution in [1.82, 2.24) is 4.90 Å². The van der Waals surface area contributed by atoms with E-state index in [1.165, 1.54) is 4.90 Å². The number of carbonyl (C=O) groups excluding carboxylic acids is 1. The zero-order valence-electron chi connectivity index (χ0n) is 12.2. The Bertz CT molecular complexity index is 405. The number of nitrogens with two attached hydrogens (primary N) is 1. The molecular formula is C15H24N2OS. The third-order valence-electron chi connectivity index (χ3n) is 3.50. The molecular weight excluding hydrogens is 256 g/mol.